The van der Waals surface area contributed by atoms with Crippen LogP contribution in [-0.2, 0) is 6.42 Å². The van der Waals surface area contributed by atoms with Crippen molar-refractivity contribution in [3.8, 4) is 0 Å². The van der Waals surface area contributed by atoms with Crippen LogP contribution in [0.3, 0.4) is 0 Å². The van der Waals surface area contributed by atoms with E-state index in [0.29, 0.717) is 10.8 Å². The summed E-state index contributed by atoms with van der Waals surface area (Å²) in [5.74, 6) is 0.600. The maximum Gasteiger partial charge on any atom is 0.190 e. The number of carbonyl (C=O) groups is 1. The molecule has 0 radical (unpaired) electrons. The van der Waals surface area contributed by atoms with Crippen LogP contribution in [0, 0.1) is 5.92 Å². The molecule has 1 aliphatic heterocycles. The monoisotopic (exact) mass is 258 g/mol. The topological polar surface area (TPSA) is 33.2 Å². The van der Waals surface area contributed by atoms with Crippen molar-refractivity contribution >= 4 is 28.4 Å². The van der Waals surface area contributed by atoms with Crippen LogP contribution >= 0.6 is 11.3 Å². The number of anilines is 2. The van der Waals surface area contributed by atoms with Gasteiger partial charge in [-0.15, -0.1) is 0 Å². The van der Waals surface area contributed by atoms with Gasteiger partial charge in [0, 0.05) is 12.2 Å². The molecule has 1 aliphatic rings. The highest BCUT2D eigenvalue weighted by Crippen LogP contribution is 2.36. The number of fused-ring (bicyclic) bond motifs is 1. The lowest BCUT2D eigenvalue weighted by Gasteiger charge is -2.32. The second-order valence-corrected chi connectivity index (χ2v) is 5.75. The maximum absolute atomic E-state index is 10.8. The molecule has 0 N–H and O–H groups in total. The third kappa shape index (κ3) is 1.93. The number of thiazole rings is 1. The van der Waals surface area contributed by atoms with Gasteiger partial charge in [0.2, 0.25) is 0 Å². The van der Waals surface area contributed by atoms with Gasteiger partial charge in [-0.3, -0.25) is 4.79 Å². The average molecular weight is 258 g/mol. The van der Waals surface area contributed by atoms with E-state index in [4.69, 9.17) is 0 Å². The SMILES string of the molecule is CC1Cc2ccccc2N(c2ncc(C=O)s2)C1. The molecule has 0 saturated carbocycles. The molecular formula is C14H14N2OS. The minimum absolute atomic E-state index is 0.600. The van der Waals surface area contributed by atoms with E-state index >= 15 is 0 Å². The summed E-state index contributed by atoms with van der Waals surface area (Å²) in [5.41, 5.74) is 2.58. The van der Waals surface area contributed by atoms with Gasteiger partial charge in [-0.05, 0) is 24.0 Å². The highest BCUT2D eigenvalue weighted by atomic mass is 32.1. The Bertz CT molecular complexity index is 579. The fourth-order valence-electron chi connectivity index (χ4n) is 2.43. The lowest BCUT2D eigenvalue weighted by Crippen LogP contribution is -2.30. The Morgan fingerprint density at radius 2 is 2.28 bits per heavy atom. The first kappa shape index (κ1) is 11.4. The molecule has 0 amide bonds. The molecule has 1 aromatic heterocycles. The number of para-hydroxylation sites is 1. The second kappa shape index (κ2) is 4.53. The van der Waals surface area contributed by atoms with Crippen LogP contribution in [0.5, 0.6) is 0 Å². The lowest BCUT2D eigenvalue weighted by molar-refractivity contribution is 0.112. The van der Waals surface area contributed by atoms with E-state index < -0.39 is 0 Å². The summed E-state index contributed by atoms with van der Waals surface area (Å²) in [4.78, 5) is 18.0. The summed E-state index contributed by atoms with van der Waals surface area (Å²) < 4.78 is 0. The molecule has 1 atom stereocenters. The summed E-state index contributed by atoms with van der Waals surface area (Å²) in [6, 6.07) is 8.43. The molecule has 3 rings (SSSR count). The summed E-state index contributed by atoms with van der Waals surface area (Å²) >= 11 is 1.45. The highest BCUT2D eigenvalue weighted by Gasteiger charge is 2.24. The van der Waals surface area contributed by atoms with Crippen LogP contribution in [-0.4, -0.2) is 17.8 Å². The number of hydrogen-bond donors (Lipinski definition) is 0. The number of rotatable bonds is 2. The zero-order valence-electron chi connectivity index (χ0n) is 10.2. The van der Waals surface area contributed by atoms with Gasteiger partial charge in [-0.2, -0.15) is 0 Å². The van der Waals surface area contributed by atoms with Gasteiger partial charge in [0.1, 0.15) is 0 Å². The number of aromatic nitrogens is 1. The first-order chi connectivity index (χ1) is 8.78. The Morgan fingerprint density at radius 1 is 1.44 bits per heavy atom. The highest BCUT2D eigenvalue weighted by molar-refractivity contribution is 7.17. The number of hydrogen-bond acceptors (Lipinski definition) is 4. The van der Waals surface area contributed by atoms with Crippen LogP contribution in [0.1, 0.15) is 22.2 Å². The van der Waals surface area contributed by atoms with E-state index in [1.807, 2.05) is 0 Å². The van der Waals surface area contributed by atoms with Crippen molar-refractivity contribution in [2.24, 2.45) is 5.92 Å². The number of carbonyl (C=O) groups excluding carboxylic acids is 1. The standard InChI is InChI=1S/C14H14N2OS/c1-10-6-11-4-2-3-5-13(11)16(8-10)14-15-7-12(9-17)18-14/h2-5,7,9-10H,6,8H2,1H3. The minimum atomic E-state index is 0.600. The van der Waals surface area contributed by atoms with Gasteiger partial charge in [0.05, 0.1) is 11.1 Å². The molecule has 1 unspecified atom stereocenters. The Labute approximate surface area is 110 Å². The normalized spacial score (nSPS) is 18.5. The Balaban J connectivity index is 2.04. The molecule has 3 nitrogen and oxygen atoms in total. The first-order valence-corrected chi connectivity index (χ1v) is 6.86. The molecule has 2 aromatic rings. The Morgan fingerprint density at radius 3 is 3.06 bits per heavy atom. The Kier molecular flexibility index (Phi) is 2.88. The summed E-state index contributed by atoms with van der Waals surface area (Å²) in [6.07, 6.45) is 3.62. The van der Waals surface area contributed by atoms with E-state index in [1.165, 1.54) is 22.6 Å². The number of nitrogens with zero attached hydrogens (tertiary/aromatic N) is 2. The molecule has 0 fully saturated rings. The summed E-state index contributed by atoms with van der Waals surface area (Å²) in [6.45, 7) is 3.21. The predicted molar refractivity (Wildman–Crippen MR) is 73.8 cm³/mol. The fourth-order valence-corrected chi connectivity index (χ4v) is 3.19. The number of aldehydes is 1. The molecule has 18 heavy (non-hydrogen) atoms. The van der Waals surface area contributed by atoms with Crippen LogP contribution in [0.2, 0.25) is 0 Å². The van der Waals surface area contributed by atoms with E-state index in [0.717, 1.165) is 24.4 Å². The van der Waals surface area contributed by atoms with E-state index in [1.54, 1.807) is 6.20 Å². The molecule has 1 aromatic carbocycles. The average Bonchev–Trinajstić information content (AvgIpc) is 2.86. The second-order valence-electron chi connectivity index (χ2n) is 4.71. The van der Waals surface area contributed by atoms with E-state index in [2.05, 4.69) is 41.1 Å². The number of benzene rings is 1. The van der Waals surface area contributed by atoms with Gasteiger partial charge in [0.15, 0.2) is 11.4 Å². The lowest BCUT2D eigenvalue weighted by atomic mass is 9.94. The largest absolute Gasteiger partial charge is 0.317 e. The minimum Gasteiger partial charge on any atom is -0.317 e. The summed E-state index contributed by atoms with van der Waals surface area (Å²) in [7, 11) is 0. The first-order valence-electron chi connectivity index (χ1n) is 6.04. The molecule has 92 valence electrons. The molecule has 0 aliphatic carbocycles. The van der Waals surface area contributed by atoms with Crippen molar-refractivity contribution in [1.82, 2.24) is 4.98 Å². The maximum atomic E-state index is 10.8. The van der Waals surface area contributed by atoms with Gasteiger partial charge in [-0.25, -0.2) is 4.98 Å². The third-order valence-electron chi connectivity index (χ3n) is 3.20. The van der Waals surface area contributed by atoms with Gasteiger partial charge < -0.3 is 4.90 Å². The van der Waals surface area contributed by atoms with Crippen molar-refractivity contribution in [3.63, 3.8) is 0 Å². The molecular weight excluding hydrogens is 244 g/mol. The summed E-state index contributed by atoms with van der Waals surface area (Å²) in [5, 5.41) is 0.913. The smallest absolute Gasteiger partial charge is 0.190 e. The molecule has 0 saturated heterocycles. The van der Waals surface area contributed by atoms with E-state index in [-0.39, 0.29) is 0 Å². The van der Waals surface area contributed by atoms with Gasteiger partial charge in [-0.1, -0.05) is 36.5 Å². The quantitative estimate of drug-likeness (QED) is 0.775. The van der Waals surface area contributed by atoms with Crippen molar-refractivity contribution in [2.45, 2.75) is 13.3 Å². The van der Waals surface area contributed by atoms with Crippen LogP contribution in [0.25, 0.3) is 0 Å². The molecule has 0 spiro atoms. The zero-order valence-corrected chi connectivity index (χ0v) is 11.0. The fraction of sp³-hybridized carbons (Fsp3) is 0.286. The van der Waals surface area contributed by atoms with Crippen molar-refractivity contribution in [3.05, 3.63) is 40.9 Å². The third-order valence-corrected chi connectivity index (χ3v) is 4.15. The van der Waals surface area contributed by atoms with Crippen molar-refractivity contribution in [2.75, 3.05) is 11.4 Å². The van der Waals surface area contributed by atoms with Crippen LogP contribution < -0.4 is 4.90 Å². The van der Waals surface area contributed by atoms with Gasteiger partial charge >= 0.3 is 0 Å². The predicted octanol–water partition coefficient (Wildman–Crippen LogP) is 3.29. The Hall–Kier alpha value is -1.68. The van der Waals surface area contributed by atoms with Crippen LogP contribution in [0.15, 0.2) is 30.5 Å². The van der Waals surface area contributed by atoms with E-state index in [9.17, 15) is 4.79 Å². The van der Waals surface area contributed by atoms with Gasteiger partial charge in [0.25, 0.3) is 0 Å². The van der Waals surface area contributed by atoms with Crippen LogP contribution in [0.4, 0.5) is 10.8 Å². The zero-order chi connectivity index (χ0) is 12.5. The van der Waals surface area contributed by atoms with Crippen molar-refractivity contribution < 1.29 is 4.79 Å². The van der Waals surface area contributed by atoms with Crippen molar-refractivity contribution in [1.29, 1.82) is 0 Å². The molecule has 0 bridgehead atoms. The molecule has 2 heterocycles. The molecule has 4 heteroatoms.